The van der Waals surface area contributed by atoms with Gasteiger partial charge in [0.05, 0.1) is 12.0 Å². The van der Waals surface area contributed by atoms with E-state index in [0.717, 1.165) is 18.6 Å². The average Bonchev–Trinajstić information content (AvgIpc) is 2.92. The third kappa shape index (κ3) is 3.60. The molecular formula is C15H17FN2O2. The molecule has 0 bridgehead atoms. The average molecular weight is 276 g/mol. The lowest BCUT2D eigenvalue weighted by atomic mass is 10.1. The summed E-state index contributed by atoms with van der Waals surface area (Å²) in [5, 5.41) is 3.04. The van der Waals surface area contributed by atoms with Gasteiger partial charge in [-0.1, -0.05) is 0 Å². The van der Waals surface area contributed by atoms with Crippen molar-refractivity contribution in [3.8, 4) is 0 Å². The number of carbonyl (C=O) groups excluding carboxylic acids is 1. The molecule has 1 unspecified atom stereocenters. The first-order valence-corrected chi connectivity index (χ1v) is 6.44. The minimum atomic E-state index is -0.573. The molecule has 2 aromatic rings. The summed E-state index contributed by atoms with van der Waals surface area (Å²) < 4.78 is 18.9. The Morgan fingerprint density at radius 1 is 1.45 bits per heavy atom. The standard InChI is InChI=1S/C15H17FN2O2/c1-10(4-6-12-3-2-8-20-12)18-14-9-11(15(17)19)5-7-13(14)16/h2-3,5,7-10,18H,4,6H2,1H3,(H2,17,19). The predicted octanol–water partition coefficient (Wildman–Crippen LogP) is 2.95. The van der Waals surface area contributed by atoms with Crippen molar-refractivity contribution in [1.29, 1.82) is 0 Å². The molecule has 2 rings (SSSR count). The topological polar surface area (TPSA) is 68.3 Å². The first-order chi connectivity index (χ1) is 9.56. The summed E-state index contributed by atoms with van der Waals surface area (Å²) in [6, 6.07) is 7.82. The van der Waals surface area contributed by atoms with Gasteiger partial charge >= 0.3 is 0 Å². The molecule has 0 radical (unpaired) electrons. The highest BCUT2D eigenvalue weighted by molar-refractivity contribution is 5.93. The summed E-state index contributed by atoms with van der Waals surface area (Å²) in [4.78, 5) is 11.1. The molecule has 1 atom stereocenters. The summed E-state index contributed by atoms with van der Waals surface area (Å²) in [7, 11) is 0. The molecule has 3 N–H and O–H groups in total. The fraction of sp³-hybridized carbons (Fsp3) is 0.267. The van der Waals surface area contributed by atoms with Gasteiger partial charge in [0.15, 0.2) is 0 Å². The number of hydrogen-bond donors (Lipinski definition) is 2. The summed E-state index contributed by atoms with van der Waals surface area (Å²) >= 11 is 0. The molecule has 0 aliphatic heterocycles. The number of halogens is 1. The van der Waals surface area contributed by atoms with E-state index in [4.69, 9.17) is 10.2 Å². The number of rotatable bonds is 6. The number of amides is 1. The number of anilines is 1. The Hall–Kier alpha value is -2.30. The smallest absolute Gasteiger partial charge is 0.248 e. The molecule has 0 spiro atoms. The van der Waals surface area contributed by atoms with Gasteiger partial charge in [-0.2, -0.15) is 0 Å². The Balaban J connectivity index is 1.98. The Morgan fingerprint density at radius 3 is 2.90 bits per heavy atom. The summed E-state index contributed by atoms with van der Waals surface area (Å²) in [5.74, 6) is -0.0823. The van der Waals surface area contributed by atoms with Gasteiger partial charge in [0, 0.05) is 18.0 Å². The van der Waals surface area contributed by atoms with Crippen molar-refractivity contribution in [3.05, 3.63) is 53.7 Å². The maximum atomic E-state index is 13.7. The van der Waals surface area contributed by atoms with E-state index in [0.29, 0.717) is 0 Å². The molecule has 1 aromatic heterocycles. The summed E-state index contributed by atoms with van der Waals surface area (Å²) in [6.45, 7) is 1.94. The zero-order valence-corrected chi connectivity index (χ0v) is 11.2. The number of benzene rings is 1. The van der Waals surface area contributed by atoms with Gasteiger partial charge in [-0.25, -0.2) is 4.39 Å². The second-order valence-corrected chi connectivity index (χ2v) is 4.72. The van der Waals surface area contributed by atoms with Gasteiger partial charge in [0.25, 0.3) is 0 Å². The van der Waals surface area contributed by atoms with Crippen LogP contribution in [0.3, 0.4) is 0 Å². The number of carbonyl (C=O) groups is 1. The molecule has 0 fully saturated rings. The van der Waals surface area contributed by atoms with Crippen molar-refractivity contribution < 1.29 is 13.6 Å². The van der Waals surface area contributed by atoms with Crippen molar-refractivity contribution in [3.63, 3.8) is 0 Å². The predicted molar refractivity (Wildman–Crippen MR) is 75.0 cm³/mol. The monoisotopic (exact) mass is 276 g/mol. The van der Waals surface area contributed by atoms with E-state index in [9.17, 15) is 9.18 Å². The van der Waals surface area contributed by atoms with E-state index < -0.39 is 11.7 Å². The fourth-order valence-electron chi connectivity index (χ4n) is 1.94. The van der Waals surface area contributed by atoms with E-state index in [2.05, 4.69) is 5.32 Å². The van der Waals surface area contributed by atoms with Crippen molar-refractivity contribution in [2.45, 2.75) is 25.8 Å². The number of nitrogens with one attached hydrogen (secondary N) is 1. The molecule has 1 heterocycles. The van der Waals surface area contributed by atoms with Crippen LogP contribution >= 0.6 is 0 Å². The molecule has 0 aliphatic rings. The van der Waals surface area contributed by atoms with Crippen LogP contribution in [0.1, 0.15) is 29.5 Å². The molecule has 1 amide bonds. The molecule has 1 aromatic carbocycles. The maximum absolute atomic E-state index is 13.7. The molecule has 0 saturated heterocycles. The number of furan rings is 1. The van der Waals surface area contributed by atoms with Crippen LogP contribution in [0.5, 0.6) is 0 Å². The molecule has 106 valence electrons. The normalized spacial score (nSPS) is 12.1. The third-order valence-corrected chi connectivity index (χ3v) is 3.06. The number of aryl methyl sites for hydroxylation is 1. The largest absolute Gasteiger partial charge is 0.469 e. The van der Waals surface area contributed by atoms with Gasteiger partial charge in [-0.15, -0.1) is 0 Å². The lowest BCUT2D eigenvalue weighted by Crippen LogP contribution is -2.18. The quantitative estimate of drug-likeness (QED) is 0.852. The molecule has 4 nitrogen and oxygen atoms in total. The van der Waals surface area contributed by atoms with Crippen molar-refractivity contribution in [2.24, 2.45) is 5.73 Å². The lowest BCUT2D eigenvalue weighted by Gasteiger charge is -2.15. The van der Waals surface area contributed by atoms with Crippen molar-refractivity contribution in [1.82, 2.24) is 0 Å². The van der Waals surface area contributed by atoms with Crippen molar-refractivity contribution >= 4 is 11.6 Å². The van der Waals surface area contributed by atoms with E-state index >= 15 is 0 Å². The van der Waals surface area contributed by atoms with Crippen LogP contribution in [-0.4, -0.2) is 11.9 Å². The van der Waals surface area contributed by atoms with Crippen LogP contribution in [0.2, 0.25) is 0 Å². The number of primary amides is 1. The Labute approximate surface area is 116 Å². The highest BCUT2D eigenvalue weighted by Crippen LogP contribution is 2.18. The first-order valence-electron chi connectivity index (χ1n) is 6.44. The number of hydrogen-bond acceptors (Lipinski definition) is 3. The third-order valence-electron chi connectivity index (χ3n) is 3.06. The second kappa shape index (κ2) is 6.23. The van der Waals surface area contributed by atoms with Gasteiger partial charge in [0.2, 0.25) is 5.91 Å². The molecule has 0 saturated carbocycles. The molecule has 0 aliphatic carbocycles. The van der Waals surface area contributed by atoms with E-state index in [1.165, 1.54) is 18.2 Å². The minimum absolute atomic E-state index is 0.0396. The highest BCUT2D eigenvalue weighted by Gasteiger charge is 2.10. The van der Waals surface area contributed by atoms with Crippen LogP contribution in [0, 0.1) is 5.82 Å². The Bertz CT molecular complexity index is 582. The van der Waals surface area contributed by atoms with Crippen LogP contribution < -0.4 is 11.1 Å². The van der Waals surface area contributed by atoms with Gasteiger partial charge in [-0.05, 0) is 43.7 Å². The zero-order valence-electron chi connectivity index (χ0n) is 11.2. The lowest BCUT2D eigenvalue weighted by molar-refractivity contribution is 0.100. The second-order valence-electron chi connectivity index (χ2n) is 4.72. The number of nitrogens with two attached hydrogens (primary N) is 1. The summed E-state index contributed by atoms with van der Waals surface area (Å²) in [6.07, 6.45) is 3.18. The highest BCUT2D eigenvalue weighted by atomic mass is 19.1. The Morgan fingerprint density at radius 2 is 2.25 bits per heavy atom. The van der Waals surface area contributed by atoms with Gasteiger partial charge in [-0.3, -0.25) is 4.79 Å². The molecular weight excluding hydrogens is 259 g/mol. The molecule has 5 heteroatoms. The Kier molecular flexibility index (Phi) is 4.40. The van der Waals surface area contributed by atoms with Crippen LogP contribution in [-0.2, 0) is 6.42 Å². The minimum Gasteiger partial charge on any atom is -0.469 e. The van der Waals surface area contributed by atoms with Crippen molar-refractivity contribution in [2.75, 3.05) is 5.32 Å². The van der Waals surface area contributed by atoms with Crippen LogP contribution in [0.25, 0.3) is 0 Å². The van der Waals surface area contributed by atoms with Gasteiger partial charge < -0.3 is 15.5 Å². The van der Waals surface area contributed by atoms with Gasteiger partial charge in [0.1, 0.15) is 11.6 Å². The fourth-order valence-corrected chi connectivity index (χ4v) is 1.94. The molecule has 20 heavy (non-hydrogen) atoms. The SMILES string of the molecule is CC(CCc1ccco1)Nc1cc(C(N)=O)ccc1F. The zero-order chi connectivity index (χ0) is 14.5. The van der Waals surface area contributed by atoms with Crippen LogP contribution in [0.4, 0.5) is 10.1 Å². The van der Waals surface area contributed by atoms with E-state index in [1.54, 1.807) is 6.26 Å². The van der Waals surface area contributed by atoms with Crippen LogP contribution in [0.15, 0.2) is 41.0 Å². The van der Waals surface area contributed by atoms with E-state index in [-0.39, 0.29) is 17.3 Å². The maximum Gasteiger partial charge on any atom is 0.248 e. The summed E-state index contributed by atoms with van der Waals surface area (Å²) in [5.41, 5.74) is 5.75. The first kappa shape index (κ1) is 14.1. The van der Waals surface area contributed by atoms with E-state index in [1.807, 2.05) is 19.1 Å².